The third-order valence-electron chi connectivity index (χ3n) is 7.32. The number of nitrogens with one attached hydrogen (secondary N) is 1. The van der Waals surface area contributed by atoms with Crippen LogP contribution in [0.3, 0.4) is 0 Å². The van der Waals surface area contributed by atoms with E-state index in [9.17, 15) is 14.4 Å². The number of hydrogen-bond acceptors (Lipinski definition) is 7. The first-order chi connectivity index (χ1) is 19.8. The monoisotopic (exact) mass is 604 g/mol. The number of carbonyl (C=O) groups excluding carboxylic acids is 3. The van der Waals surface area contributed by atoms with Crippen LogP contribution >= 0.6 is 23.2 Å². The summed E-state index contributed by atoms with van der Waals surface area (Å²) in [7, 11) is 0. The molecule has 0 atom stereocenters. The summed E-state index contributed by atoms with van der Waals surface area (Å²) in [6.45, 7) is 7.05. The van der Waals surface area contributed by atoms with Gasteiger partial charge in [0.15, 0.2) is 6.73 Å². The third kappa shape index (κ3) is 8.99. The van der Waals surface area contributed by atoms with Crippen molar-refractivity contribution in [2.75, 3.05) is 62.4 Å². The van der Waals surface area contributed by atoms with Crippen molar-refractivity contribution in [3.05, 3.63) is 52.0 Å². The molecule has 0 aliphatic carbocycles. The Morgan fingerprint density at radius 2 is 1.78 bits per heavy atom. The highest BCUT2D eigenvalue weighted by molar-refractivity contribution is 6.43. The maximum atomic E-state index is 12.6. The normalized spacial score (nSPS) is 15.4. The highest BCUT2D eigenvalue weighted by Gasteiger charge is 2.26. The van der Waals surface area contributed by atoms with Crippen LogP contribution < -0.4 is 19.9 Å². The second kappa shape index (κ2) is 15.3. The van der Waals surface area contributed by atoms with Crippen LogP contribution in [0.4, 0.5) is 11.4 Å². The molecule has 0 spiro atoms. The molecule has 2 heterocycles. The van der Waals surface area contributed by atoms with E-state index >= 15 is 0 Å². The number of benzene rings is 2. The average Bonchev–Trinajstić information content (AvgIpc) is 2.96. The van der Waals surface area contributed by atoms with E-state index in [0.717, 1.165) is 62.5 Å². The van der Waals surface area contributed by atoms with E-state index in [0.29, 0.717) is 48.2 Å². The number of unbranched alkanes of at least 4 members (excludes halogenated alkanes) is 1. The Morgan fingerprint density at radius 1 is 0.976 bits per heavy atom. The van der Waals surface area contributed by atoms with E-state index in [1.54, 1.807) is 0 Å². The van der Waals surface area contributed by atoms with E-state index in [-0.39, 0.29) is 25.0 Å². The van der Waals surface area contributed by atoms with E-state index in [1.807, 2.05) is 36.4 Å². The molecular weight excluding hydrogens is 567 g/mol. The summed E-state index contributed by atoms with van der Waals surface area (Å²) in [4.78, 5) is 41.9. The van der Waals surface area contributed by atoms with Gasteiger partial charge in [0.2, 0.25) is 11.8 Å². The van der Waals surface area contributed by atoms with Gasteiger partial charge >= 0.3 is 5.97 Å². The number of fused-ring (bicyclic) bond motifs is 1. The largest absolute Gasteiger partial charge is 0.494 e. The smallest absolute Gasteiger partial charge is 0.307 e. The zero-order valence-corrected chi connectivity index (χ0v) is 25.0. The highest BCUT2D eigenvalue weighted by Crippen LogP contribution is 2.33. The number of anilines is 2. The SMILES string of the molecule is CC(=O)NCCCC(=O)OCN1C(=O)CCc2ccc(OCCCCN3CCN(c4cccc(Cl)c4Cl)CC3)cc21. The van der Waals surface area contributed by atoms with Gasteiger partial charge in [0.05, 0.1) is 28.0 Å². The third-order valence-corrected chi connectivity index (χ3v) is 8.13. The molecule has 2 aromatic rings. The Balaban J connectivity index is 1.18. The van der Waals surface area contributed by atoms with Crippen molar-refractivity contribution in [1.82, 2.24) is 10.2 Å². The molecule has 9 nitrogen and oxygen atoms in total. The Morgan fingerprint density at radius 3 is 2.56 bits per heavy atom. The molecule has 0 bridgehead atoms. The van der Waals surface area contributed by atoms with Gasteiger partial charge in [-0.3, -0.25) is 24.2 Å². The molecule has 0 radical (unpaired) electrons. The van der Waals surface area contributed by atoms with Gasteiger partial charge in [-0.05, 0) is 56.0 Å². The van der Waals surface area contributed by atoms with Crippen LogP contribution in [0.5, 0.6) is 5.75 Å². The van der Waals surface area contributed by atoms with Crippen molar-refractivity contribution in [2.24, 2.45) is 0 Å². The van der Waals surface area contributed by atoms with E-state index in [1.165, 1.54) is 11.8 Å². The maximum absolute atomic E-state index is 12.6. The number of halogens is 2. The number of hydrogen-bond donors (Lipinski definition) is 1. The summed E-state index contributed by atoms with van der Waals surface area (Å²) in [6.07, 6.45) is 3.60. The summed E-state index contributed by atoms with van der Waals surface area (Å²) < 4.78 is 11.4. The van der Waals surface area contributed by atoms with Crippen molar-refractivity contribution < 1.29 is 23.9 Å². The molecule has 2 amide bonds. The summed E-state index contributed by atoms with van der Waals surface area (Å²) >= 11 is 12.6. The molecule has 1 fully saturated rings. The van der Waals surface area contributed by atoms with Gasteiger partial charge in [0.1, 0.15) is 5.75 Å². The van der Waals surface area contributed by atoms with Gasteiger partial charge in [-0.2, -0.15) is 0 Å². The molecule has 0 saturated carbocycles. The fraction of sp³-hybridized carbons (Fsp3) is 0.500. The van der Waals surface area contributed by atoms with Crippen LogP contribution in [0.15, 0.2) is 36.4 Å². The number of amides is 2. The predicted octanol–water partition coefficient (Wildman–Crippen LogP) is 4.67. The summed E-state index contributed by atoms with van der Waals surface area (Å²) in [6, 6.07) is 11.5. The molecule has 222 valence electrons. The average molecular weight is 606 g/mol. The van der Waals surface area contributed by atoms with Gasteiger partial charge < -0.3 is 19.7 Å². The van der Waals surface area contributed by atoms with Gasteiger partial charge in [-0.15, -0.1) is 0 Å². The minimum atomic E-state index is -0.405. The van der Waals surface area contributed by atoms with Crippen LogP contribution in [0.1, 0.15) is 44.6 Å². The number of piperazine rings is 1. The quantitative estimate of drug-likeness (QED) is 0.262. The Hall–Kier alpha value is -3.01. The minimum Gasteiger partial charge on any atom is -0.494 e. The van der Waals surface area contributed by atoms with Crippen LogP contribution in [0, 0.1) is 0 Å². The lowest BCUT2D eigenvalue weighted by Gasteiger charge is -2.36. The predicted molar refractivity (Wildman–Crippen MR) is 161 cm³/mol. The van der Waals surface area contributed by atoms with Gasteiger partial charge in [0, 0.05) is 58.6 Å². The summed E-state index contributed by atoms with van der Waals surface area (Å²) in [5, 5.41) is 3.85. The van der Waals surface area contributed by atoms with Crippen LogP contribution in [-0.4, -0.2) is 75.3 Å². The molecule has 0 unspecified atom stereocenters. The molecule has 2 aliphatic heterocycles. The topological polar surface area (TPSA) is 91.4 Å². The second-order valence-electron chi connectivity index (χ2n) is 10.3. The molecule has 11 heteroatoms. The molecule has 2 aromatic carbocycles. The number of nitrogens with zero attached hydrogens (tertiary/aromatic N) is 3. The number of carbonyl (C=O) groups is 3. The minimum absolute atomic E-state index is 0.0848. The van der Waals surface area contributed by atoms with Crippen molar-refractivity contribution >= 4 is 52.4 Å². The lowest BCUT2D eigenvalue weighted by atomic mass is 10.0. The van der Waals surface area contributed by atoms with Crippen molar-refractivity contribution in [1.29, 1.82) is 0 Å². The Kier molecular flexibility index (Phi) is 11.5. The standard InChI is InChI=1S/C30H38Cl2N4O5/c1-22(37)33-13-5-8-29(39)41-21-36-27-20-24(11-9-23(27)10-12-28(36)38)40-19-3-2-14-34-15-17-35(18-16-34)26-7-4-6-25(31)30(26)32/h4,6-7,9,11,20H,2-3,5,8,10,12-19,21H2,1H3,(H,33,37). The number of ether oxygens (including phenoxy) is 2. The molecular formula is C30H38Cl2N4O5. The van der Waals surface area contributed by atoms with Crippen LogP contribution in [0.25, 0.3) is 0 Å². The van der Waals surface area contributed by atoms with Crippen molar-refractivity contribution in [2.45, 2.75) is 45.4 Å². The maximum Gasteiger partial charge on any atom is 0.307 e. The lowest BCUT2D eigenvalue weighted by molar-refractivity contribution is -0.144. The number of esters is 1. The summed E-state index contributed by atoms with van der Waals surface area (Å²) in [5.41, 5.74) is 2.74. The molecule has 2 aliphatic rings. The van der Waals surface area contributed by atoms with E-state index in [4.69, 9.17) is 32.7 Å². The first-order valence-electron chi connectivity index (χ1n) is 14.2. The molecule has 1 N–H and O–H groups in total. The molecule has 1 saturated heterocycles. The van der Waals surface area contributed by atoms with Gasteiger partial charge in [-0.1, -0.05) is 35.3 Å². The zero-order chi connectivity index (χ0) is 29.2. The molecule has 41 heavy (non-hydrogen) atoms. The van der Waals surface area contributed by atoms with Crippen molar-refractivity contribution in [3.8, 4) is 5.75 Å². The summed E-state index contributed by atoms with van der Waals surface area (Å²) in [5.74, 6) is 0.0647. The lowest BCUT2D eigenvalue weighted by Crippen LogP contribution is -2.46. The molecule has 0 aromatic heterocycles. The van der Waals surface area contributed by atoms with Gasteiger partial charge in [0.25, 0.3) is 0 Å². The number of rotatable bonds is 13. The van der Waals surface area contributed by atoms with Crippen LogP contribution in [0.2, 0.25) is 10.0 Å². The fourth-order valence-corrected chi connectivity index (χ4v) is 5.45. The Bertz CT molecular complexity index is 1220. The molecule has 4 rings (SSSR count). The number of aryl methyl sites for hydroxylation is 1. The first kappa shape index (κ1) is 30.9. The van der Waals surface area contributed by atoms with E-state index in [2.05, 4.69) is 15.1 Å². The van der Waals surface area contributed by atoms with Gasteiger partial charge in [-0.25, -0.2) is 0 Å². The second-order valence-corrected chi connectivity index (χ2v) is 11.1. The van der Waals surface area contributed by atoms with E-state index < -0.39 is 5.97 Å². The Labute approximate surface area is 251 Å². The highest BCUT2D eigenvalue weighted by atomic mass is 35.5. The first-order valence-corrected chi connectivity index (χ1v) is 14.9. The van der Waals surface area contributed by atoms with Crippen LogP contribution in [-0.2, 0) is 25.5 Å². The zero-order valence-electron chi connectivity index (χ0n) is 23.5. The van der Waals surface area contributed by atoms with Crippen molar-refractivity contribution in [3.63, 3.8) is 0 Å². The fourth-order valence-electron chi connectivity index (χ4n) is 5.03.